The molecule has 0 aliphatic carbocycles. The third-order valence-corrected chi connectivity index (χ3v) is 4.48. The Kier molecular flexibility index (Phi) is 3.65. The summed E-state index contributed by atoms with van der Waals surface area (Å²) in [6, 6.07) is 20.5. The highest BCUT2D eigenvalue weighted by atomic mass is 16.3. The highest BCUT2D eigenvalue weighted by molar-refractivity contribution is 6.04. The van der Waals surface area contributed by atoms with Crippen molar-refractivity contribution < 1.29 is 9.21 Å². The van der Waals surface area contributed by atoms with Gasteiger partial charge in [0, 0.05) is 16.6 Å². The van der Waals surface area contributed by atoms with Crippen molar-refractivity contribution in [2.45, 2.75) is 6.92 Å². The lowest BCUT2D eigenvalue weighted by Gasteiger charge is -2.06. The molecule has 0 bridgehead atoms. The summed E-state index contributed by atoms with van der Waals surface area (Å²) in [5, 5.41) is 16.4. The van der Waals surface area contributed by atoms with Crippen LogP contribution in [0.4, 0.5) is 5.69 Å². The van der Waals surface area contributed by atoms with Crippen LogP contribution in [-0.2, 0) is 0 Å². The van der Waals surface area contributed by atoms with Gasteiger partial charge in [-0.15, -0.1) is 10.2 Å². The fourth-order valence-electron chi connectivity index (χ4n) is 3.09. The summed E-state index contributed by atoms with van der Waals surface area (Å²) in [5.74, 6) is 0.684. The Morgan fingerprint density at radius 3 is 2.79 bits per heavy atom. The zero-order chi connectivity index (χ0) is 19.1. The van der Waals surface area contributed by atoms with E-state index in [1.807, 2.05) is 67.6 Å². The second-order valence-electron chi connectivity index (χ2n) is 6.42. The molecule has 7 nitrogen and oxygen atoms in total. The molecule has 2 aromatic carbocycles. The van der Waals surface area contributed by atoms with E-state index in [4.69, 9.17) is 4.42 Å². The largest absolute Gasteiger partial charge is 0.451 e. The number of aromatic nitrogens is 4. The average Bonchev–Trinajstić information content (AvgIpc) is 3.32. The lowest BCUT2D eigenvalue weighted by Crippen LogP contribution is -2.10. The fraction of sp³-hybridized carbons (Fsp3) is 0.0476. The molecule has 0 saturated carbocycles. The minimum atomic E-state index is -0.300. The van der Waals surface area contributed by atoms with E-state index in [-0.39, 0.29) is 11.7 Å². The molecule has 136 valence electrons. The lowest BCUT2D eigenvalue weighted by atomic mass is 10.1. The zero-order valence-corrected chi connectivity index (χ0v) is 15.0. The Bertz CT molecular complexity index is 1300. The summed E-state index contributed by atoms with van der Waals surface area (Å²) in [6.45, 7) is 1.85. The topological polar surface area (TPSA) is 85.3 Å². The van der Waals surface area contributed by atoms with E-state index < -0.39 is 0 Å². The predicted molar refractivity (Wildman–Crippen MR) is 105 cm³/mol. The Labute approximate surface area is 159 Å². The van der Waals surface area contributed by atoms with Crippen LogP contribution in [0.3, 0.4) is 0 Å². The van der Waals surface area contributed by atoms with Gasteiger partial charge in [-0.05, 0) is 43.3 Å². The smallest absolute Gasteiger partial charge is 0.291 e. The molecule has 1 N–H and O–H groups in total. The van der Waals surface area contributed by atoms with E-state index in [2.05, 4.69) is 20.6 Å². The summed E-state index contributed by atoms with van der Waals surface area (Å²) >= 11 is 0. The lowest BCUT2D eigenvalue weighted by molar-refractivity contribution is 0.0998. The first-order valence-corrected chi connectivity index (χ1v) is 8.77. The van der Waals surface area contributed by atoms with E-state index in [0.29, 0.717) is 22.7 Å². The monoisotopic (exact) mass is 369 g/mol. The molecule has 0 atom stereocenters. The summed E-state index contributed by atoms with van der Waals surface area (Å²) in [5.41, 5.74) is 3.66. The zero-order valence-electron chi connectivity index (χ0n) is 15.0. The standard InChI is InChI=1S/C21H15N5O2/c1-13-23-24-20-10-9-17(25-26(13)20)14-6-4-7-16(11-14)22-21(27)19-12-15-5-2-3-8-18(15)28-19/h2-12H,1H3,(H,22,27). The Balaban J connectivity index is 1.44. The molecule has 28 heavy (non-hydrogen) atoms. The van der Waals surface area contributed by atoms with Gasteiger partial charge in [-0.3, -0.25) is 4.79 Å². The van der Waals surface area contributed by atoms with E-state index in [0.717, 1.165) is 16.6 Å². The van der Waals surface area contributed by atoms with Gasteiger partial charge < -0.3 is 9.73 Å². The van der Waals surface area contributed by atoms with Crippen LogP contribution >= 0.6 is 0 Å². The molecular weight excluding hydrogens is 354 g/mol. The molecule has 5 rings (SSSR count). The number of aryl methyl sites for hydroxylation is 1. The molecule has 3 aromatic heterocycles. The maximum Gasteiger partial charge on any atom is 0.291 e. The van der Waals surface area contributed by atoms with Gasteiger partial charge in [-0.25, -0.2) is 0 Å². The second kappa shape index (κ2) is 6.31. The number of hydrogen-bond donors (Lipinski definition) is 1. The number of para-hydroxylation sites is 1. The number of nitrogens with one attached hydrogen (secondary N) is 1. The molecule has 5 aromatic rings. The number of furan rings is 1. The van der Waals surface area contributed by atoms with Crippen LogP contribution in [0.5, 0.6) is 0 Å². The van der Waals surface area contributed by atoms with Gasteiger partial charge in [0.1, 0.15) is 5.58 Å². The van der Waals surface area contributed by atoms with Crippen LogP contribution in [-0.4, -0.2) is 25.7 Å². The first kappa shape index (κ1) is 16.2. The Hall–Kier alpha value is -4.00. The maximum absolute atomic E-state index is 12.6. The molecule has 0 aliphatic heterocycles. The van der Waals surface area contributed by atoms with E-state index in [1.165, 1.54) is 0 Å². The number of benzene rings is 2. The number of amides is 1. The van der Waals surface area contributed by atoms with Crippen molar-refractivity contribution in [3.63, 3.8) is 0 Å². The van der Waals surface area contributed by atoms with Crippen molar-refractivity contribution in [1.29, 1.82) is 0 Å². The van der Waals surface area contributed by atoms with Gasteiger partial charge in [-0.2, -0.15) is 9.61 Å². The van der Waals surface area contributed by atoms with Crippen molar-refractivity contribution in [2.24, 2.45) is 0 Å². The van der Waals surface area contributed by atoms with Gasteiger partial charge in [0.25, 0.3) is 5.91 Å². The number of hydrogen-bond acceptors (Lipinski definition) is 5. The van der Waals surface area contributed by atoms with E-state index in [9.17, 15) is 4.79 Å². The van der Waals surface area contributed by atoms with Crippen LogP contribution in [0.1, 0.15) is 16.4 Å². The third kappa shape index (κ3) is 2.79. The number of carbonyl (C=O) groups is 1. The number of anilines is 1. The fourth-order valence-corrected chi connectivity index (χ4v) is 3.09. The van der Waals surface area contributed by atoms with E-state index in [1.54, 1.807) is 10.6 Å². The number of rotatable bonds is 3. The molecule has 0 unspecified atom stereocenters. The van der Waals surface area contributed by atoms with Crippen molar-refractivity contribution >= 4 is 28.2 Å². The van der Waals surface area contributed by atoms with Gasteiger partial charge in [-0.1, -0.05) is 30.3 Å². The van der Waals surface area contributed by atoms with Crippen LogP contribution < -0.4 is 5.32 Å². The maximum atomic E-state index is 12.6. The summed E-state index contributed by atoms with van der Waals surface area (Å²) in [4.78, 5) is 12.6. The van der Waals surface area contributed by atoms with Gasteiger partial charge in [0.2, 0.25) is 0 Å². The number of carbonyl (C=O) groups excluding carboxylic acids is 1. The molecule has 0 radical (unpaired) electrons. The molecule has 3 heterocycles. The molecule has 0 saturated heterocycles. The Morgan fingerprint density at radius 1 is 1.00 bits per heavy atom. The Morgan fingerprint density at radius 2 is 1.89 bits per heavy atom. The normalized spacial score (nSPS) is 11.2. The minimum Gasteiger partial charge on any atom is -0.451 e. The first-order valence-electron chi connectivity index (χ1n) is 8.77. The summed E-state index contributed by atoms with van der Waals surface area (Å²) in [7, 11) is 0. The summed E-state index contributed by atoms with van der Waals surface area (Å²) < 4.78 is 7.32. The quantitative estimate of drug-likeness (QED) is 0.517. The first-order chi connectivity index (χ1) is 13.7. The van der Waals surface area contributed by atoms with Crippen molar-refractivity contribution in [2.75, 3.05) is 5.32 Å². The molecule has 0 fully saturated rings. The van der Waals surface area contributed by atoms with E-state index >= 15 is 0 Å². The van der Waals surface area contributed by atoms with Crippen molar-refractivity contribution in [3.05, 3.63) is 78.3 Å². The second-order valence-corrected chi connectivity index (χ2v) is 6.42. The predicted octanol–water partition coefficient (Wildman–Crippen LogP) is 4.10. The molecule has 7 heteroatoms. The van der Waals surface area contributed by atoms with Crippen molar-refractivity contribution in [1.82, 2.24) is 19.8 Å². The van der Waals surface area contributed by atoms with Gasteiger partial charge in [0.15, 0.2) is 17.2 Å². The van der Waals surface area contributed by atoms with Crippen LogP contribution in [0.15, 0.2) is 71.1 Å². The van der Waals surface area contributed by atoms with Gasteiger partial charge >= 0.3 is 0 Å². The highest BCUT2D eigenvalue weighted by Crippen LogP contribution is 2.23. The molecule has 1 amide bonds. The average molecular weight is 369 g/mol. The summed E-state index contributed by atoms with van der Waals surface area (Å²) in [6.07, 6.45) is 0. The van der Waals surface area contributed by atoms with Gasteiger partial charge in [0.05, 0.1) is 5.69 Å². The molecule has 0 aliphatic rings. The van der Waals surface area contributed by atoms with Crippen LogP contribution in [0.2, 0.25) is 0 Å². The number of fused-ring (bicyclic) bond motifs is 2. The van der Waals surface area contributed by atoms with Crippen LogP contribution in [0, 0.1) is 6.92 Å². The SMILES string of the molecule is Cc1nnc2ccc(-c3cccc(NC(=O)c4cc5ccccc5o4)c3)nn12. The number of nitrogens with zero attached hydrogens (tertiary/aromatic N) is 4. The molecular formula is C21H15N5O2. The highest BCUT2D eigenvalue weighted by Gasteiger charge is 2.13. The van der Waals surface area contributed by atoms with Crippen LogP contribution in [0.25, 0.3) is 27.9 Å². The van der Waals surface area contributed by atoms with Crippen molar-refractivity contribution in [3.8, 4) is 11.3 Å². The minimum absolute atomic E-state index is 0.270. The third-order valence-electron chi connectivity index (χ3n) is 4.48. The molecule has 0 spiro atoms.